The van der Waals surface area contributed by atoms with Crippen molar-refractivity contribution >= 4 is 52.6 Å². The van der Waals surface area contributed by atoms with Crippen molar-refractivity contribution in [3.63, 3.8) is 0 Å². The largest absolute Gasteiger partial charge is 0.417 e. The maximum Gasteiger partial charge on any atom is 0.417 e. The van der Waals surface area contributed by atoms with Crippen LogP contribution in [0.3, 0.4) is 0 Å². The Hall–Kier alpha value is -2.44. The second-order valence-corrected chi connectivity index (χ2v) is 9.53. The maximum atomic E-state index is 13.7. The normalized spacial score (nSPS) is 14.4. The molecule has 1 N–H and O–H groups in total. The zero-order valence-electron chi connectivity index (χ0n) is 19.5. The van der Waals surface area contributed by atoms with Crippen LogP contribution in [-0.2, 0) is 11.0 Å². The van der Waals surface area contributed by atoms with E-state index in [0.29, 0.717) is 18.2 Å². The second kappa shape index (κ2) is 12.4. The summed E-state index contributed by atoms with van der Waals surface area (Å²) in [4.78, 5) is 24.3. The Kier molecular flexibility index (Phi) is 10.4. The molecule has 0 aliphatic carbocycles. The smallest absolute Gasteiger partial charge is 0.347 e. The predicted molar refractivity (Wildman–Crippen MR) is 128 cm³/mol. The van der Waals surface area contributed by atoms with Gasteiger partial charge in [-0.3, -0.25) is 9.59 Å². The molecule has 1 amide bonds. The lowest BCUT2D eigenvalue weighted by Gasteiger charge is -2.19. The summed E-state index contributed by atoms with van der Waals surface area (Å²) in [5.41, 5.74) is -3.19. The molecule has 214 valence electrons. The molecular formula is C24H17Cl3F9NO2. The zero-order chi connectivity index (χ0) is 29.9. The topological polar surface area (TPSA) is 46.2 Å². The van der Waals surface area contributed by atoms with Gasteiger partial charge in [0.05, 0.1) is 26.5 Å². The van der Waals surface area contributed by atoms with Crippen molar-refractivity contribution < 1.29 is 49.1 Å². The van der Waals surface area contributed by atoms with Crippen LogP contribution in [0.1, 0.15) is 46.3 Å². The first-order chi connectivity index (χ1) is 17.7. The molecule has 0 bridgehead atoms. The summed E-state index contributed by atoms with van der Waals surface area (Å²) in [6, 6.07) is 3.92. The number of rotatable bonds is 8. The number of alkyl halides is 9. The monoisotopic (exact) mass is 627 g/mol. The first-order valence-corrected chi connectivity index (χ1v) is 11.8. The van der Waals surface area contributed by atoms with E-state index in [9.17, 15) is 49.1 Å². The van der Waals surface area contributed by atoms with Gasteiger partial charge in [0.25, 0.3) is 0 Å². The molecule has 0 aromatic heterocycles. The molecule has 0 saturated heterocycles. The van der Waals surface area contributed by atoms with Gasteiger partial charge >= 0.3 is 18.5 Å². The van der Waals surface area contributed by atoms with Gasteiger partial charge in [-0.05, 0) is 29.3 Å². The third kappa shape index (κ3) is 9.32. The Balaban J connectivity index is 2.37. The van der Waals surface area contributed by atoms with Gasteiger partial charge in [-0.15, -0.1) is 0 Å². The molecule has 0 spiro atoms. The van der Waals surface area contributed by atoms with Crippen LogP contribution >= 0.6 is 34.8 Å². The van der Waals surface area contributed by atoms with Crippen LogP contribution in [0.15, 0.2) is 36.4 Å². The highest BCUT2D eigenvalue weighted by atomic mass is 35.5. The SMILES string of the molecule is C[C@@H](CC(=O)c1ccc(/C=C\C(c2cc(Cl)c(Cl)c(Cl)c2)C(F)(F)F)cc1C(F)(F)F)C(=O)NCC(F)(F)F. The average Bonchev–Trinajstić information content (AvgIpc) is 2.78. The molecule has 2 aromatic rings. The van der Waals surface area contributed by atoms with Crippen LogP contribution in [0.5, 0.6) is 0 Å². The van der Waals surface area contributed by atoms with Gasteiger partial charge in [0.2, 0.25) is 5.91 Å². The minimum atomic E-state index is -5.13. The average molecular weight is 629 g/mol. The number of hydrogen-bond donors (Lipinski definition) is 1. The fourth-order valence-electron chi connectivity index (χ4n) is 3.36. The van der Waals surface area contributed by atoms with Gasteiger partial charge in [0, 0.05) is 17.9 Å². The molecule has 2 atom stereocenters. The molecule has 15 heteroatoms. The number of hydrogen-bond acceptors (Lipinski definition) is 2. The third-order valence-electron chi connectivity index (χ3n) is 5.25. The molecule has 39 heavy (non-hydrogen) atoms. The first kappa shape index (κ1) is 32.8. The van der Waals surface area contributed by atoms with Gasteiger partial charge < -0.3 is 5.32 Å². The molecule has 0 aliphatic rings. The zero-order valence-corrected chi connectivity index (χ0v) is 21.7. The van der Waals surface area contributed by atoms with Crippen molar-refractivity contribution in [3.05, 3.63) is 73.7 Å². The molecule has 0 aliphatic heterocycles. The lowest BCUT2D eigenvalue weighted by Crippen LogP contribution is -2.37. The lowest BCUT2D eigenvalue weighted by molar-refractivity contribution is -0.140. The summed E-state index contributed by atoms with van der Waals surface area (Å²) in [5.74, 6) is -6.14. The van der Waals surface area contributed by atoms with E-state index < -0.39 is 71.7 Å². The van der Waals surface area contributed by atoms with Crippen LogP contribution < -0.4 is 5.32 Å². The highest BCUT2D eigenvalue weighted by Gasteiger charge is 2.40. The van der Waals surface area contributed by atoms with Crippen molar-refractivity contribution in [2.24, 2.45) is 5.92 Å². The molecule has 0 saturated carbocycles. The Bertz CT molecular complexity index is 1230. The Labute approximate surface area is 230 Å². The van der Waals surface area contributed by atoms with Gasteiger partial charge in [-0.1, -0.05) is 66.0 Å². The number of nitrogens with one attached hydrogen (secondary N) is 1. The highest BCUT2D eigenvalue weighted by molar-refractivity contribution is 6.48. The van der Waals surface area contributed by atoms with Gasteiger partial charge in [-0.25, -0.2) is 0 Å². The number of carbonyl (C=O) groups is 2. The first-order valence-electron chi connectivity index (χ1n) is 10.7. The Morgan fingerprint density at radius 2 is 1.49 bits per heavy atom. The quantitative estimate of drug-likeness (QED) is 0.180. The van der Waals surface area contributed by atoms with Crippen LogP contribution in [0.2, 0.25) is 15.1 Å². The van der Waals surface area contributed by atoms with Crippen molar-refractivity contribution in [2.45, 2.75) is 37.8 Å². The van der Waals surface area contributed by atoms with Gasteiger partial charge in [-0.2, -0.15) is 39.5 Å². The summed E-state index contributed by atoms with van der Waals surface area (Å²) < 4.78 is 119. The minimum Gasteiger partial charge on any atom is -0.347 e. The van der Waals surface area contributed by atoms with Gasteiger partial charge in [0.1, 0.15) is 6.54 Å². The van der Waals surface area contributed by atoms with Crippen molar-refractivity contribution in [3.8, 4) is 0 Å². The maximum absolute atomic E-state index is 13.7. The molecule has 2 rings (SSSR count). The number of Topliss-reactive ketones (excluding diaryl/α,β-unsaturated/α-hetero) is 1. The van der Waals surface area contributed by atoms with Crippen molar-refractivity contribution in [1.29, 1.82) is 0 Å². The Morgan fingerprint density at radius 1 is 0.923 bits per heavy atom. The molecule has 0 radical (unpaired) electrons. The molecular weight excluding hydrogens is 612 g/mol. The standard InChI is InChI=1S/C24H17Cl3F9NO2/c1-11(21(39)37-10-22(28,29)30)6-19(38)14-4-2-12(7-16(14)24(34,35)36)3-5-15(23(31,32)33)13-8-17(25)20(27)18(26)9-13/h2-5,7-9,11,15H,6,10H2,1H3,(H,37,39)/b5-3-/t11-,15?/m0/s1. The molecule has 3 nitrogen and oxygen atoms in total. The van der Waals surface area contributed by atoms with E-state index in [2.05, 4.69) is 0 Å². The predicted octanol–water partition coefficient (Wildman–Crippen LogP) is 8.91. The number of benzene rings is 2. The summed E-state index contributed by atoms with van der Waals surface area (Å²) in [5, 5.41) is 0.801. The number of ketones is 1. The summed E-state index contributed by atoms with van der Waals surface area (Å²) in [7, 11) is 0. The number of allylic oxidation sites excluding steroid dienone is 1. The van der Waals surface area contributed by atoms with E-state index in [-0.39, 0.29) is 20.6 Å². The van der Waals surface area contributed by atoms with E-state index in [4.69, 9.17) is 34.8 Å². The van der Waals surface area contributed by atoms with Crippen molar-refractivity contribution in [2.75, 3.05) is 6.54 Å². The second-order valence-electron chi connectivity index (χ2n) is 8.34. The van der Waals surface area contributed by atoms with Crippen LogP contribution in [-0.4, -0.2) is 30.6 Å². The minimum absolute atomic E-state index is 0.186. The lowest BCUT2D eigenvalue weighted by atomic mass is 9.93. The summed E-state index contributed by atoms with van der Waals surface area (Å²) in [6.07, 6.45) is -14.3. The fraction of sp³-hybridized carbons (Fsp3) is 0.333. The Morgan fingerprint density at radius 3 is 1.97 bits per heavy atom. The van der Waals surface area contributed by atoms with E-state index >= 15 is 0 Å². The van der Waals surface area contributed by atoms with E-state index in [1.54, 1.807) is 0 Å². The van der Waals surface area contributed by atoms with E-state index in [1.165, 1.54) is 5.32 Å². The van der Waals surface area contributed by atoms with E-state index in [0.717, 1.165) is 31.2 Å². The number of carbonyl (C=O) groups excluding carboxylic acids is 2. The molecule has 2 aromatic carbocycles. The molecule has 0 fully saturated rings. The number of halogens is 12. The van der Waals surface area contributed by atoms with Crippen LogP contribution in [0.4, 0.5) is 39.5 Å². The molecule has 0 heterocycles. The van der Waals surface area contributed by atoms with Crippen LogP contribution in [0, 0.1) is 5.92 Å². The van der Waals surface area contributed by atoms with Gasteiger partial charge in [0.15, 0.2) is 5.78 Å². The van der Waals surface area contributed by atoms with Crippen LogP contribution in [0.25, 0.3) is 6.08 Å². The fourth-order valence-corrected chi connectivity index (χ4v) is 3.97. The third-order valence-corrected chi connectivity index (χ3v) is 6.45. The van der Waals surface area contributed by atoms with Crippen molar-refractivity contribution in [1.82, 2.24) is 5.32 Å². The molecule has 1 unspecified atom stereocenters. The summed E-state index contributed by atoms with van der Waals surface area (Å²) >= 11 is 17.4. The van der Waals surface area contributed by atoms with E-state index in [1.807, 2.05) is 0 Å². The highest BCUT2D eigenvalue weighted by Crippen LogP contribution is 2.41. The summed E-state index contributed by atoms with van der Waals surface area (Å²) in [6.45, 7) is -0.632. The number of amides is 1.